The first-order valence-corrected chi connectivity index (χ1v) is 10.2. The van der Waals surface area contributed by atoms with Gasteiger partial charge in [0.05, 0.1) is 19.6 Å². The molecule has 0 radical (unpaired) electrons. The minimum absolute atomic E-state index is 0.0483. The van der Waals surface area contributed by atoms with Crippen molar-refractivity contribution in [1.82, 2.24) is 15.0 Å². The number of aromatic nitrogens is 2. The number of amides is 1. The SMILES string of the molecule is CCOc1ccc(-c2noc(C3CC(=O)N(Cc4ccc(F)cc4Cl)C3)n2)cc1OC. The largest absolute Gasteiger partial charge is 0.493 e. The number of nitrogens with zero attached hydrogens (tertiary/aromatic N) is 3. The topological polar surface area (TPSA) is 77.7 Å². The number of carbonyl (C=O) groups is 1. The number of halogens is 2. The summed E-state index contributed by atoms with van der Waals surface area (Å²) in [6.07, 6.45) is 0.257. The molecule has 1 unspecified atom stereocenters. The predicted molar refractivity (Wildman–Crippen MR) is 112 cm³/mol. The van der Waals surface area contributed by atoms with Crippen LogP contribution >= 0.6 is 11.6 Å². The number of likely N-dealkylation sites (tertiary alicyclic amines) is 1. The highest BCUT2D eigenvalue weighted by molar-refractivity contribution is 6.31. The maximum absolute atomic E-state index is 13.3. The summed E-state index contributed by atoms with van der Waals surface area (Å²) in [5.74, 6) is 1.32. The molecule has 1 aromatic heterocycles. The summed E-state index contributed by atoms with van der Waals surface area (Å²) in [6, 6.07) is 9.55. The minimum Gasteiger partial charge on any atom is -0.493 e. The van der Waals surface area contributed by atoms with E-state index in [4.69, 9.17) is 25.6 Å². The molecule has 3 aromatic rings. The Morgan fingerprint density at radius 3 is 2.84 bits per heavy atom. The molecular weight excluding hydrogens is 425 g/mol. The molecule has 0 spiro atoms. The van der Waals surface area contributed by atoms with Gasteiger partial charge in [0.15, 0.2) is 11.5 Å². The zero-order chi connectivity index (χ0) is 22.0. The third-order valence-corrected chi connectivity index (χ3v) is 5.46. The number of hydrogen-bond donors (Lipinski definition) is 0. The van der Waals surface area contributed by atoms with Gasteiger partial charge in [-0.05, 0) is 42.8 Å². The van der Waals surface area contributed by atoms with E-state index in [-0.39, 0.29) is 18.2 Å². The molecule has 1 aliphatic heterocycles. The lowest BCUT2D eigenvalue weighted by Gasteiger charge is -2.17. The molecule has 0 saturated carbocycles. The molecule has 31 heavy (non-hydrogen) atoms. The van der Waals surface area contributed by atoms with E-state index in [9.17, 15) is 9.18 Å². The minimum atomic E-state index is -0.413. The Hall–Kier alpha value is -3.13. The Balaban J connectivity index is 1.49. The van der Waals surface area contributed by atoms with Crippen LogP contribution in [0, 0.1) is 5.82 Å². The molecule has 1 atom stereocenters. The van der Waals surface area contributed by atoms with Gasteiger partial charge in [0.25, 0.3) is 0 Å². The van der Waals surface area contributed by atoms with Gasteiger partial charge in [-0.15, -0.1) is 0 Å². The highest BCUT2D eigenvalue weighted by Gasteiger charge is 2.34. The molecular formula is C22H21ClFN3O4. The Bertz CT molecular complexity index is 1100. The van der Waals surface area contributed by atoms with Crippen LogP contribution < -0.4 is 9.47 Å². The highest BCUT2D eigenvalue weighted by Crippen LogP contribution is 2.34. The van der Waals surface area contributed by atoms with Crippen LogP contribution in [0.2, 0.25) is 5.02 Å². The molecule has 0 bridgehead atoms. The fourth-order valence-electron chi connectivity index (χ4n) is 3.55. The normalized spacial score (nSPS) is 16.1. The molecule has 1 saturated heterocycles. The lowest BCUT2D eigenvalue weighted by molar-refractivity contribution is -0.128. The standard InChI is InChI=1S/C22H21ClFN3O4/c1-3-30-18-7-5-13(8-19(18)29-2)21-25-22(31-26-21)15-9-20(28)27(12-15)11-14-4-6-16(24)10-17(14)23/h4-8,10,15H,3,9,11-12H2,1-2H3. The molecule has 9 heteroatoms. The lowest BCUT2D eigenvalue weighted by Crippen LogP contribution is -2.24. The van der Waals surface area contributed by atoms with Crippen LogP contribution in [0.1, 0.15) is 30.7 Å². The summed E-state index contributed by atoms with van der Waals surface area (Å²) in [4.78, 5) is 18.6. The molecule has 2 heterocycles. The number of hydrogen-bond acceptors (Lipinski definition) is 6. The van der Waals surface area contributed by atoms with Crippen molar-refractivity contribution < 1.29 is 23.2 Å². The number of rotatable bonds is 7. The van der Waals surface area contributed by atoms with Gasteiger partial charge in [-0.1, -0.05) is 22.8 Å². The molecule has 2 aromatic carbocycles. The third kappa shape index (κ3) is 4.49. The summed E-state index contributed by atoms with van der Waals surface area (Å²) in [5.41, 5.74) is 1.40. The van der Waals surface area contributed by atoms with Crippen LogP contribution in [0.5, 0.6) is 11.5 Å². The van der Waals surface area contributed by atoms with Gasteiger partial charge < -0.3 is 18.9 Å². The van der Waals surface area contributed by atoms with Crippen LogP contribution in [0.25, 0.3) is 11.4 Å². The van der Waals surface area contributed by atoms with Gasteiger partial charge in [-0.2, -0.15) is 4.98 Å². The number of methoxy groups -OCH3 is 1. The fraction of sp³-hybridized carbons (Fsp3) is 0.318. The average molecular weight is 446 g/mol. The van der Waals surface area contributed by atoms with Crippen LogP contribution in [-0.4, -0.2) is 41.2 Å². The Morgan fingerprint density at radius 1 is 1.26 bits per heavy atom. The summed E-state index contributed by atoms with van der Waals surface area (Å²) < 4.78 is 29.6. The Kier molecular flexibility index (Phi) is 6.08. The van der Waals surface area contributed by atoms with Crippen molar-refractivity contribution in [3.05, 3.63) is 58.7 Å². The van der Waals surface area contributed by atoms with E-state index < -0.39 is 5.82 Å². The van der Waals surface area contributed by atoms with Crippen molar-refractivity contribution in [2.45, 2.75) is 25.8 Å². The maximum atomic E-state index is 13.3. The van der Waals surface area contributed by atoms with Crippen molar-refractivity contribution in [3.63, 3.8) is 0 Å². The van der Waals surface area contributed by atoms with E-state index in [1.54, 1.807) is 30.2 Å². The first-order chi connectivity index (χ1) is 15.0. The van der Waals surface area contributed by atoms with Crippen molar-refractivity contribution in [2.75, 3.05) is 20.3 Å². The molecule has 0 N–H and O–H groups in total. The van der Waals surface area contributed by atoms with Crippen molar-refractivity contribution in [1.29, 1.82) is 0 Å². The second kappa shape index (κ2) is 8.93. The molecule has 162 valence electrons. The maximum Gasteiger partial charge on any atom is 0.232 e. The lowest BCUT2D eigenvalue weighted by atomic mass is 10.1. The quantitative estimate of drug-likeness (QED) is 0.534. The Morgan fingerprint density at radius 2 is 2.10 bits per heavy atom. The average Bonchev–Trinajstić information content (AvgIpc) is 3.38. The highest BCUT2D eigenvalue weighted by atomic mass is 35.5. The summed E-state index contributed by atoms with van der Waals surface area (Å²) in [6.45, 7) is 3.14. The van der Waals surface area contributed by atoms with E-state index in [0.717, 1.165) is 5.56 Å². The predicted octanol–water partition coefficient (Wildman–Crippen LogP) is 4.45. The van der Waals surface area contributed by atoms with Crippen LogP contribution in [0.15, 0.2) is 40.9 Å². The summed E-state index contributed by atoms with van der Waals surface area (Å²) in [5, 5.41) is 4.36. The van der Waals surface area contributed by atoms with Gasteiger partial charge in [0, 0.05) is 30.1 Å². The van der Waals surface area contributed by atoms with Crippen molar-refractivity contribution in [3.8, 4) is 22.9 Å². The van der Waals surface area contributed by atoms with Crippen LogP contribution in [0.4, 0.5) is 4.39 Å². The molecule has 0 aliphatic carbocycles. The van der Waals surface area contributed by atoms with E-state index >= 15 is 0 Å². The Labute approximate surface area is 183 Å². The first kappa shape index (κ1) is 21.1. The zero-order valence-corrected chi connectivity index (χ0v) is 17.9. The molecule has 1 fully saturated rings. The van der Waals surface area contributed by atoms with Gasteiger partial charge in [0.1, 0.15) is 5.82 Å². The van der Waals surface area contributed by atoms with Crippen LogP contribution in [-0.2, 0) is 11.3 Å². The number of carbonyl (C=O) groups excluding carboxylic acids is 1. The van der Waals surface area contributed by atoms with Gasteiger partial charge >= 0.3 is 0 Å². The van der Waals surface area contributed by atoms with Gasteiger partial charge in [0.2, 0.25) is 17.6 Å². The van der Waals surface area contributed by atoms with Crippen LogP contribution in [0.3, 0.4) is 0 Å². The summed E-state index contributed by atoms with van der Waals surface area (Å²) >= 11 is 6.10. The molecule has 4 rings (SSSR count). The first-order valence-electron chi connectivity index (χ1n) is 9.85. The number of benzene rings is 2. The van der Waals surface area contributed by atoms with E-state index in [1.165, 1.54) is 12.1 Å². The smallest absolute Gasteiger partial charge is 0.232 e. The van der Waals surface area contributed by atoms with Gasteiger partial charge in [-0.25, -0.2) is 4.39 Å². The van der Waals surface area contributed by atoms with Crippen molar-refractivity contribution in [2.24, 2.45) is 0 Å². The third-order valence-electron chi connectivity index (χ3n) is 5.10. The molecule has 1 aliphatic rings. The van der Waals surface area contributed by atoms with Gasteiger partial charge in [-0.3, -0.25) is 4.79 Å². The second-order valence-corrected chi connectivity index (χ2v) is 7.57. The fourth-order valence-corrected chi connectivity index (χ4v) is 3.77. The monoisotopic (exact) mass is 445 g/mol. The van der Waals surface area contributed by atoms with Crippen molar-refractivity contribution >= 4 is 17.5 Å². The van der Waals surface area contributed by atoms with E-state index in [1.807, 2.05) is 13.0 Å². The van der Waals surface area contributed by atoms with E-state index in [2.05, 4.69) is 10.1 Å². The zero-order valence-electron chi connectivity index (χ0n) is 17.1. The summed E-state index contributed by atoms with van der Waals surface area (Å²) in [7, 11) is 1.56. The second-order valence-electron chi connectivity index (χ2n) is 7.17. The molecule has 1 amide bonds. The molecule has 7 nitrogen and oxygen atoms in total. The number of ether oxygens (including phenoxy) is 2. The van der Waals surface area contributed by atoms with E-state index in [0.29, 0.717) is 53.5 Å².